The van der Waals surface area contributed by atoms with Crippen LogP contribution in [-0.2, 0) is 10.0 Å². The minimum Gasteiger partial charge on any atom is -0.207 e. The number of sulfonamides is 1. The van der Waals surface area contributed by atoms with Crippen LogP contribution in [0.2, 0.25) is 0 Å². The molecule has 0 saturated heterocycles. The van der Waals surface area contributed by atoms with E-state index in [1.165, 1.54) is 56.2 Å². The number of rotatable bonds is 11. The van der Waals surface area contributed by atoms with Crippen LogP contribution in [0.15, 0.2) is 29.4 Å². The number of hydrogen-bond acceptors (Lipinski definition) is 3. The van der Waals surface area contributed by atoms with Gasteiger partial charge in [-0.2, -0.15) is 5.10 Å². The molecule has 0 atom stereocenters. The monoisotopic (exact) mass is 328 g/mol. The van der Waals surface area contributed by atoms with E-state index in [-0.39, 0.29) is 11.6 Å². The van der Waals surface area contributed by atoms with Crippen molar-refractivity contribution in [3.63, 3.8) is 0 Å². The Morgan fingerprint density at radius 1 is 1.05 bits per heavy atom. The molecule has 0 saturated carbocycles. The van der Waals surface area contributed by atoms with E-state index < -0.39 is 10.0 Å². The maximum Gasteiger partial charge on any atom is 0.247 e. The number of nitrogens with one attached hydrogen (secondary N) is 1. The van der Waals surface area contributed by atoms with Crippen molar-refractivity contribution in [2.24, 2.45) is 5.10 Å². The highest BCUT2D eigenvalue weighted by molar-refractivity contribution is 7.89. The van der Waals surface area contributed by atoms with Crippen LogP contribution >= 0.6 is 0 Å². The summed E-state index contributed by atoms with van der Waals surface area (Å²) in [6.07, 6.45) is 8.87. The molecule has 1 rings (SSSR count). The molecule has 0 aliphatic carbocycles. The normalized spacial score (nSPS) is 11.9. The van der Waals surface area contributed by atoms with Crippen LogP contribution in [0, 0.1) is 5.82 Å². The van der Waals surface area contributed by atoms with Gasteiger partial charge in [0, 0.05) is 0 Å². The first kappa shape index (κ1) is 18.6. The molecule has 0 aliphatic rings. The summed E-state index contributed by atoms with van der Waals surface area (Å²) in [7, 11) is -3.38. The van der Waals surface area contributed by atoms with Gasteiger partial charge in [0.15, 0.2) is 0 Å². The van der Waals surface area contributed by atoms with Gasteiger partial charge in [-0.05, 0) is 24.1 Å². The van der Waals surface area contributed by atoms with Crippen LogP contribution in [0.5, 0.6) is 0 Å². The van der Waals surface area contributed by atoms with E-state index in [0.717, 1.165) is 12.8 Å². The van der Waals surface area contributed by atoms with Gasteiger partial charge in [-0.15, -0.1) is 0 Å². The third-order valence-electron chi connectivity index (χ3n) is 3.29. The molecule has 0 unspecified atom stereocenters. The lowest BCUT2D eigenvalue weighted by atomic mass is 10.1. The number of unbranched alkanes of at least 4 members (excludes halogenated alkanes) is 6. The molecule has 0 bridgehead atoms. The molecule has 1 N–H and O–H groups in total. The maximum absolute atomic E-state index is 12.7. The largest absolute Gasteiger partial charge is 0.247 e. The summed E-state index contributed by atoms with van der Waals surface area (Å²) in [6.45, 7) is 2.17. The highest BCUT2D eigenvalue weighted by atomic mass is 32.2. The highest BCUT2D eigenvalue weighted by Crippen LogP contribution is 2.07. The minimum absolute atomic E-state index is 0.0849. The molecular formula is C16H25FN2O2S. The van der Waals surface area contributed by atoms with Crippen molar-refractivity contribution in [3.05, 3.63) is 35.6 Å². The van der Waals surface area contributed by atoms with Crippen molar-refractivity contribution in [2.75, 3.05) is 5.75 Å². The van der Waals surface area contributed by atoms with E-state index in [1.807, 2.05) is 0 Å². The van der Waals surface area contributed by atoms with Crippen LogP contribution in [0.3, 0.4) is 0 Å². The van der Waals surface area contributed by atoms with Crippen molar-refractivity contribution in [1.29, 1.82) is 0 Å². The van der Waals surface area contributed by atoms with E-state index in [0.29, 0.717) is 12.0 Å². The first-order chi connectivity index (χ1) is 10.5. The SMILES string of the molecule is CCCCCCCCCS(=O)(=O)N/N=C\c1ccc(F)cc1. The Bertz CT molecular complexity index is 542. The van der Waals surface area contributed by atoms with Gasteiger partial charge >= 0.3 is 0 Å². The van der Waals surface area contributed by atoms with Crippen molar-refractivity contribution in [1.82, 2.24) is 4.83 Å². The molecule has 0 aromatic heterocycles. The van der Waals surface area contributed by atoms with Crippen LogP contribution in [0.25, 0.3) is 0 Å². The predicted molar refractivity (Wildman–Crippen MR) is 88.9 cm³/mol. The molecule has 22 heavy (non-hydrogen) atoms. The topological polar surface area (TPSA) is 58.5 Å². The second-order valence-corrected chi connectivity index (χ2v) is 7.16. The van der Waals surface area contributed by atoms with E-state index in [9.17, 15) is 12.8 Å². The van der Waals surface area contributed by atoms with E-state index in [2.05, 4.69) is 16.9 Å². The molecule has 0 amide bonds. The molecule has 0 fully saturated rings. The number of hydrazone groups is 1. The fraction of sp³-hybridized carbons (Fsp3) is 0.562. The fourth-order valence-electron chi connectivity index (χ4n) is 2.02. The maximum atomic E-state index is 12.7. The third kappa shape index (κ3) is 8.77. The van der Waals surface area contributed by atoms with E-state index in [1.54, 1.807) is 0 Å². The second kappa shape index (κ2) is 10.3. The van der Waals surface area contributed by atoms with Gasteiger partial charge in [-0.3, -0.25) is 0 Å². The van der Waals surface area contributed by atoms with Crippen LogP contribution in [0.4, 0.5) is 4.39 Å². The van der Waals surface area contributed by atoms with Crippen molar-refractivity contribution >= 4 is 16.2 Å². The summed E-state index contributed by atoms with van der Waals surface area (Å²) < 4.78 is 36.2. The Balaban J connectivity index is 2.22. The Morgan fingerprint density at radius 3 is 2.27 bits per heavy atom. The van der Waals surface area contributed by atoms with Crippen LogP contribution in [0.1, 0.15) is 57.4 Å². The summed E-state index contributed by atoms with van der Waals surface area (Å²) >= 11 is 0. The number of hydrogen-bond donors (Lipinski definition) is 1. The quantitative estimate of drug-likeness (QED) is 0.381. The minimum atomic E-state index is -3.38. The molecule has 124 valence electrons. The van der Waals surface area contributed by atoms with E-state index in [4.69, 9.17) is 0 Å². The van der Waals surface area contributed by atoms with E-state index >= 15 is 0 Å². The number of halogens is 1. The summed E-state index contributed by atoms with van der Waals surface area (Å²) in [5.41, 5.74) is 0.639. The molecule has 1 aromatic carbocycles. The first-order valence-corrected chi connectivity index (χ1v) is 9.47. The summed E-state index contributed by atoms with van der Waals surface area (Å²) in [4.78, 5) is 2.18. The summed E-state index contributed by atoms with van der Waals surface area (Å²) in [6, 6.07) is 5.66. The molecule has 1 aromatic rings. The Labute approximate surface area is 132 Å². The van der Waals surface area contributed by atoms with Crippen molar-refractivity contribution in [3.8, 4) is 0 Å². The Kier molecular flexibility index (Phi) is 8.74. The first-order valence-electron chi connectivity index (χ1n) is 7.81. The zero-order chi connectivity index (χ0) is 16.3. The van der Waals surface area contributed by atoms with Gasteiger partial charge in [0.1, 0.15) is 5.82 Å². The lowest BCUT2D eigenvalue weighted by molar-refractivity contribution is 0.570. The average Bonchev–Trinajstić information content (AvgIpc) is 2.48. The lowest BCUT2D eigenvalue weighted by Gasteiger charge is -2.03. The molecule has 6 heteroatoms. The Hall–Kier alpha value is -1.43. The van der Waals surface area contributed by atoms with Gasteiger partial charge in [0.25, 0.3) is 0 Å². The Morgan fingerprint density at radius 2 is 1.64 bits per heavy atom. The standard InChI is InChI=1S/C16H25FN2O2S/c1-2-3-4-5-6-7-8-13-22(20,21)19-18-14-15-9-11-16(17)12-10-15/h9-12,14,19H,2-8,13H2,1H3/b18-14-. The smallest absolute Gasteiger partial charge is 0.207 e. The zero-order valence-corrected chi connectivity index (χ0v) is 13.9. The highest BCUT2D eigenvalue weighted by Gasteiger charge is 2.07. The van der Waals surface area contributed by atoms with Crippen molar-refractivity contribution in [2.45, 2.75) is 51.9 Å². The van der Waals surface area contributed by atoms with Gasteiger partial charge in [0.05, 0.1) is 12.0 Å². The molecule has 0 radical (unpaired) electrons. The fourth-order valence-corrected chi connectivity index (χ4v) is 2.91. The predicted octanol–water partition coefficient (Wildman–Crippen LogP) is 3.83. The zero-order valence-electron chi connectivity index (χ0n) is 13.1. The lowest BCUT2D eigenvalue weighted by Crippen LogP contribution is -2.21. The second-order valence-electron chi connectivity index (χ2n) is 5.34. The summed E-state index contributed by atoms with van der Waals surface area (Å²) in [5.74, 6) is -0.252. The molecule has 0 heterocycles. The van der Waals surface area contributed by atoms with Gasteiger partial charge in [-0.25, -0.2) is 17.6 Å². The van der Waals surface area contributed by atoms with Crippen LogP contribution < -0.4 is 4.83 Å². The van der Waals surface area contributed by atoms with Gasteiger partial charge < -0.3 is 0 Å². The molecule has 0 aliphatic heterocycles. The molecule has 0 spiro atoms. The number of benzene rings is 1. The average molecular weight is 328 g/mol. The summed E-state index contributed by atoms with van der Waals surface area (Å²) in [5, 5.41) is 3.70. The van der Waals surface area contributed by atoms with Gasteiger partial charge in [-0.1, -0.05) is 57.6 Å². The molecular weight excluding hydrogens is 303 g/mol. The number of nitrogens with zero attached hydrogens (tertiary/aromatic N) is 1. The van der Waals surface area contributed by atoms with Crippen molar-refractivity contribution < 1.29 is 12.8 Å². The third-order valence-corrected chi connectivity index (χ3v) is 4.50. The van der Waals surface area contributed by atoms with Gasteiger partial charge in [0.2, 0.25) is 10.0 Å². The van der Waals surface area contributed by atoms with Crippen LogP contribution in [-0.4, -0.2) is 20.4 Å². The molecule has 4 nitrogen and oxygen atoms in total.